The van der Waals surface area contributed by atoms with Crippen molar-refractivity contribution in [1.82, 2.24) is 20.2 Å². The second-order valence-electron chi connectivity index (χ2n) is 7.02. The van der Waals surface area contributed by atoms with Gasteiger partial charge in [0.1, 0.15) is 15.9 Å². The molecule has 0 saturated heterocycles. The van der Waals surface area contributed by atoms with Crippen molar-refractivity contribution >= 4 is 34.0 Å². The Labute approximate surface area is 185 Å². The minimum Gasteiger partial charge on any atom is -0.494 e. The summed E-state index contributed by atoms with van der Waals surface area (Å²) in [6.07, 6.45) is 1.64. The van der Waals surface area contributed by atoms with E-state index in [-0.39, 0.29) is 21.8 Å². The van der Waals surface area contributed by atoms with Gasteiger partial charge in [0.15, 0.2) is 0 Å². The first-order valence-corrected chi connectivity index (χ1v) is 10.7. The number of amides is 1. The van der Waals surface area contributed by atoms with E-state index in [2.05, 4.69) is 25.5 Å². The molecule has 11 heteroatoms. The Balaban J connectivity index is 1.64. The molecule has 7 nitrogen and oxygen atoms in total. The summed E-state index contributed by atoms with van der Waals surface area (Å²) in [5.41, 5.74) is 2.24. The number of nitrogens with zero attached hydrogens (tertiary/aromatic N) is 4. The fourth-order valence-corrected chi connectivity index (χ4v) is 4.35. The summed E-state index contributed by atoms with van der Waals surface area (Å²) >= 11 is 7.18. The van der Waals surface area contributed by atoms with Gasteiger partial charge in [0, 0.05) is 34.9 Å². The fraction of sp³-hybridized carbons (Fsp3) is 0.350. The topological polar surface area (TPSA) is 89.9 Å². The van der Waals surface area contributed by atoms with Crippen molar-refractivity contribution in [2.24, 2.45) is 5.92 Å². The Hall–Kier alpha value is -2.72. The van der Waals surface area contributed by atoms with Crippen LogP contribution in [0.2, 0.25) is 5.15 Å². The van der Waals surface area contributed by atoms with Crippen molar-refractivity contribution in [1.29, 1.82) is 0 Å². The van der Waals surface area contributed by atoms with Crippen molar-refractivity contribution in [2.75, 3.05) is 12.4 Å². The number of rotatable bonds is 7. The second-order valence-corrected chi connectivity index (χ2v) is 8.42. The van der Waals surface area contributed by atoms with E-state index in [1.807, 2.05) is 6.92 Å². The molecule has 1 fully saturated rings. The fourth-order valence-electron chi connectivity index (χ4n) is 3.26. The number of pyridine rings is 2. The molecule has 1 amide bonds. The van der Waals surface area contributed by atoms with Gasteiger partial charge in [-0.2, -0.15) is 0 Å². The van der Waals surface area contributed by atoms with Crippen LogP contribution in [0.1, 0.15) is 40.3 Å². The van der Waals surface area contributed by atoms with E-state index in [0.29, 0.717) is 34.7 Å². The van der Waals surface area contributed by atoms with Gasteiger partial charge in [-0.05, 0) is 25.0 Å². The van der Waals surface area contributed by atoms with Crippen molar-refractivity contribution in [2.45, 2.75) is 32.1 Å². The van der Waals surface area contributed by atoms with Gasteiger partial charge in [0.05, 0.1) is 18.9 Å². The van der Waals surface area contributed by atoms with E-state index >= 15 is 0 Å². The zero-order chi connectivity index (χ0) is 22.1. The Morgan fingerprint density at radius 1 is 1.29 bits per heavy atom. The molecule has 3 aromatic heterocycles. The molecular formula is C20H18ClF2N5O2S. The summed E-state index contributed by atoms with van der Waals surface area (Å²) in [5.74, 6) is -0.981. The molecule has 1 aliphatic rings. The third-order valence-electron chi connectivity index (χ3n) is 5.05. The van der Waals surface area contributed by atoms with Crippen LogP contribution in [-0.4, -0.2) is 39.6 Å². The minimum atomic E-state index is -2.38. The number of carbonyl (C=O) groups excluding carboxylic acids is 1. The largest absolute Gasteiger partial charge is 0.494 e. The van der Waals surface area contributed by atoms with E-state index in [0.717, 1.165) is 17.0 Å². The summed E-state index contributed by atoms with van der Waals surface area (Å²) in [4.78, 5) is 21.4. The highest BCUT2D eigenvalue weighted by molar-refractivity contribution is 7.15. The maximum atomic E-state index is 13.0. The zero-order valence-electron chi connectivity index (χ0n) is 16.6. The minimum absolute atomic E-state index is 0.241. The number of methoxy groups -OCH3 is 1. The number of hydrogen-bond donors (Lipinski definition) is 1. The van der Waals surface area contributed by atoms with Gasteiger partial charge < -0.3 is 4.74 Å². The van der Waals surface area contributed by atoms with Crippen LogP contribution in [-0.2, 0) is 6.42 Å². The molecule has 0 spiro atoms. The van der Waals surface area contributed by atoms with Crippen LogP contribution in [0, 0.1) is 5.92 Å². The predicted octanol–water partition coefficient (Wildman–Crippen LogP) is 4.84. The number of nitrogens with one attached hydrogen (secondary N) is 1. The first-order valence-electron chi connectivity index (χ1n) is 9.53. The summed E-state index contributed by atoms with van der Waals surface area (Å²) in [6.45, 7) is 1.95. The lowest BCUT2D eigenvalue weighted by atomic mass is 9.99. The van der Waals surface area contributed by atoms with E-state index in [1.165, 1.54) is 19.5 Å². The van der Waals surface area contributed by atoms with Crippen LogP contribution in [0.3, 0.4) is 0 Å². The van der Waals surface area contributed by atoms with Crippen LogP contribution in [0.25, 0.3) is 11.1 Å². The molecule has 3 aromatic rings. The maximum absolute atomic E-state index is 13.0. The molecule has 0 bridgehead atoms. The lowest BCUT2D eigenvalue weighted by molar-refractivity contribution is 0.102. The monoisotopic (exact) mass is 465 g/mol. The van der Waals surface area contributed by atoms with Crippen molar-refractivity contribution in [3.63, 3.8) is 0 Å². The lowest BCUT2D eigenvalue weighted by Gasteiger charge is -2.13. The maximum Gasteiger partial charge on any atom is 0.259 e. The molecule has 4 rings (SSSR count). The third kappa shape index (κ3) is 4.49. The van der Waals surface area contributed by atoms with Crippen LogP contribution < -0.4 is 10.1 Å². The van der Waals surface area contributed by atoms with Gasteiger partial charge >= 0.3 is 0 Å². The average molecular weight is 466 g/mol. The molecule has 0 radical (unpaired) electrons. The van der Waals surface area contributed by atoms with Gasteiger partial charge in [-0.25, -0.2) is 13.8 Å². The first-order chi connectivity index (χ1) is 14.9. The Kier molecular flexibility index (Phi) is 6.10. The summed E-state index contributed by atoms with van der Waals surface area (Å²) in [7, 11) is 1.50. The van der Waals surface area contributed by atoms with Crippen LogP contribution in [0.5, 0.6) is 5.75 Å². The van der Waals surface area contributed by atoms with Gasteiger partial charge in [-0.3, -0.25) is 15.1 Å². The van der Waals surface area contributed by atoms with E-state index < -0.39 is 18.3 Å². The molecule has 1 aliphatic carbocycles. The molecule has 1 N–H and O–H groups in total. The highest BCUT2D eigenvalue weighted by atomic mass is 35.5. The van der Waals surface area contributed by atoms with E-state index in [1.54, 1.807) is 12.1 Å². The summed E-state index contributed by atoms with van der Waals surface area (Å²) < 4.78 is 31.0. The number of ether oxygens (including phenoxy) is 1. The van der Waals surface area contributed by atoms with Gasteiger partial charge in [0.2, 0.25) is 11.6 Å². The standard InChI is InChI=1S/C20H18ClF2N5O2S/c1-3-9-4-10(11-6-16(21)25-8-15(11)30-2)14(7-24-9)18(29)26-20-28-27-19(31-20)13-5-12(13)17(22)23/h4,6-8,12-13,17H,3,5H2,1-2H3,(H,26,28,29). The normalized spacial score (nSPS) is 17.6. The van der Waals surface area contributed by atoms with Crippen molar-refractivity contribution in [3.8, 4) is 16.9 Å². The van der Waals surface area contributed by atoms with Crippen LogP contribution >= 0.6 is 22.9 Å². The van der Waals surface area contributed by atoms with E-state index in [9.17, 15) is 13.6 Å². The van der Waals surface area contributed by atoms with Crippen molar-refractivity contribution < 1.29 is 18.3 Å². The number of aromatic nitrogens is 4. The zero-order valence-corrected chi connectivity index (χ0v) is 18.2. The number of halogens is 3. The number of hydrogen-bond acceptors (Lipinski definition) is 7. The van der Waals surface area contributed by atoms with Gasteiger partial charge in [-0.15, -0.1) is 10.2 Å². The number of aryl methyl sites for hydroxylation is 1. The van der Waals surface area contributed by atoms with Crippen LogP contribution in [0.15, 0.2) is 24.5 Å². The van der Waals surface area contributed by atoms with Crippen LogP contribution in [0.4, 0.5) is 13.9 Å². The Morgan fingerprint density at radius 2 is 2.10 bits per heavy atom. The lowest BCUT2D eigenvalue weighted by Crippen LogP contribution is -2.14. The first kappa shape index (κ1) is 21.5. The quantitative estimate of drug-likeness (QED) is 0.502. The molecule has 0 aliphatic heterocycles. The molecule has 162 valence electrons. The highest BCUT2D eigenvalue weighted by Gasteiger charge is 2.47. The van der Waals surface area contributed by atoms with Gasteiger partial charge in [-0.1, -0.05) is 29.9 Å². The third-order valence-corrected chi connectivity index (χ3v) is 6.23. The molecule has 31 heavy (non-hydrogen) atoms. The van der Waals surface area contributed by atoms with E-state index in [4.69, 9.17) is 16.3 Å². The molecule has 2 atom stereocenters. The number of carbonyl (C=O) groups is 1. The average Bonchev–Trinajstić information content (AvgIpc) is 3.45. The molecule has 0 aromatic carbocycles. The highest BCUT2D eigenvalue weighted by Crippen LogP contribution is 2.52. The predicted molar refractivity (Wildman–Crippen MR) is 113 cm³/mol. The smallest absolute Gasteiger partial charge is 0.259 e. The Morgan fingerprint density at radius 3 is 2.77 bits per heavy atom. The SMILES string of the molecule is CCc1cc(-c2cc(Cl)ncc2OC)c(C(=O)Nc2nnc(C3CC3C(F)F)s2)cn1. The number of anilines is 1. The Bertz CT molecular complexity index is 1130. The number of alkyl halides is 2. The second kappa shape index (κ2) is 8.80. The molecule has 1 saturated carbocycles. The molecule has 3 heterocycles. The van der Waals surface area contributed by atoms with Crippen molar-refractivity contribution in [3.05, 3.63) is 45.9 Å². The molecular weight excluding hydrogens is 448 g/mol. The summed E-state index contributed by atoms with van der Waals surface area (Å²) in [6, 6.07) is 3.42. The van der Waals surface area contributed by atoms with Gasteiger partial charge in [0.25, 0.3) is 5.91 Å². The molecule has 2 unspecified atom stereocenters. The summed E-state index contributed by atoms with van der Waals surface area (Å²) in [5, 5.41) is 11.6.